The van der Waals surface area contributed by atoms with Gasteiger partial charge in [0.1, 0.15) is 6.10 Å². The second-order valence-corrected chi connectivity index (χ2v) is 10.2. The van der Waals surface area contributed by atoms with Gasteiger partial charge in [-0.15, -0.1) is 0 Å². The summed E-state index contributed by atoms with van der Waals surface area (Å²) in [5.74, 6) is 2.81. The lowest BCUT2D eigenvalue weighted by molar-refractivity contribution is -0.158. The van der Waals surface area contributed by atoms with Crippen molar-refractivity contribution in [2.75, 3.05) is 0 Å². The topological polar surface area (TPSA) is 58.9 Å². The first-order valence-corrected chi connectivity index (χ1v) is 10.9. The van der Waals surface area contributed by atoms with Crippen molar-refractivity contribution < 1.29 is 14.7 Å². The standard InChI is InChI=1S/C23H35NO3/c1-14(24-26)19-7-8-20-18-6-5-16-13-17(27-15(2)25)9-11-22(16,3)21(18)10-12-23(19,20)4/h7,16-18,20-21,26H,5-6,8-13H2,1-4H3/t16-,17+,18+,20+,21+,22+,23-/m1/s1. The molecular formula is C23H35NO3. The molecule has 0 aromatic carbocycles. The van der Waals surface area contributed by atoms with Gasteiger partial charge in [0.15, 0.2) is 0 Å². The first kappa shape index (κ1) is 19.0. The molecule has 4 aliphatic carbocycles. The second-order valence-electron chi connectivity index (χ2n) is 10.2. The van der Waals surface area contributed by atoms with Gasteiger partial charge < -0.3 is 9.94 Å². The summed E-state index contributed by atoms with van der Waals surface area (Å²) in [5, 5.41) is 12.9. The highest BCUT2D eigenvalue weighted by molar-refractivity contribution is 5.99. The van der Waals surface area contributed by atoms with E-state index >= 15 is 0 Å². The zero-order chi connectivity index (χ0) is 19.4. The lowest BCUT2D eigenvalue weighted by Crippen LogP contribution is -2.54. The highest BCUT2D eigenvalue weighted by Crippen LogP contribution is 2.66. The number of hydrogen-bond acceptors (Lipinski definition) is 4. The average Bonchev–Trinajstić information content (AvgIpc) is 2.98. The smallest absolute Gasteiger partial charge is 0.302 e. The van der Waals surface area contributed by atoms with Crippen LogP contribution in [0.2, 0.25) is 0 Å². The Morgan fingerprint density at radius 3 is 2.63 bits per heavy atom. The molecular weight excluding hydrogens is 338 g/mol. The van der Waals surface area contributed by atoms with Crippen LogP contribution in [0.3, 0.4) is 0 Å². The fraction of sp³-hybridized carbons (Fsp3) is 0.826. The molecule has 4 rings (SSSR count). The van der Waals surface area contributed by atoms with E-state index in [-0.39, 0.29) is 17.5 Å². The van der Waals surface area contributed by atoms with E-state index in [1.807, 2.05) is 6.92 Å². The Balaban J connectivity index is 1.54. The Labute approximate surface area is 163 Å². The summed E-state index contributed by atoms with van der Waals surface area (Å²) in [7, 11) is 0. The minimum absolute atomic E-state index is 0.129. The van der Waals surface area contributed by atoms with Crippen LogP contribution in [0.4, 0.5) is 0 Å². The van der Waals surface area contributed by atoms with E-state index in [4.69, 9.17) is 4.74 Å². The largest absolute Gasteiger partial charge is 0.463 e. The van der Waals surface area contributed by atoms with Crippen molar-refractivity contribution in [3.8, 4) is 0 Å². The van der Waals surface area contributed by atoms with Crippen molar-refractivity contribution in [1.29, 1.82) is 0 Å². The SMILES string of the molecule is CC(=O)O[C@H]1CC[C@@]2(C)[C@H](CC[C@@H]3[C@@H]2CC[C@]2(C)C(C(C)=NO)=CC[C@@H]32)C1. The highest BCUT2D eigenvalue weighted by atomic mass is 16.5. The molecule has 27 heavy (non-hydrogen) atoms. The summed E-state index contributed by atoms with van der Waals surface area (Å²) in [6.07, 6.45) is 11.9. The van der Waals surface area contributed by atoms with Gasteiger partial charge in [0, 0.05) is 6.92 Å². The van der Waals surface area contributed by atoms with Crippen molar-refractivity contribution in [2.45, 2.75) is 85.2 Å². The molecule has 0 heterocycles. The van der Waals surface area contributed by atoms with Gasteiger partial charge in [0.2, 0.25) is 0 Å². The maximum atomic E-state index is 11.4. The molecule has 0 unspecified atom stereocenters. The number of rotatable bonds is 2. The number of ether oxygens (including phenoxy) is 1. The number of esters is 1. The summed E-state index contributed by atoms with van der Waals surface area (Å²) in [6.45, 7) is 8.42. The molecule has 0 amide bonds. The molecule has 0 aromatic heterocycles. The number of nitrogens with zero attached hydrogens (tertiary/aromatic N) is 1. The first-order valence-electron chi connectivity index (χ1n) is 10.9. The third-order valence-electron chi connectivity index (χ3n) is 9.07. The maximum Gasteiger partial charge on any atom is 0.302 e. The molecule has 4 aliphatic rings. The van der Waals surface area contributed by atoms with Crippen molar-refractivity contribution in [3.05, 3.63) is 11.6 Å². The Bertz CT molecular complexity index is 683. The molecule has 3 fully saturated rings. The quantitative estimate of drug-likeness (QED) is 0.307. The van der Waals surface area contributed by atoms with Gasteiger partial charge in [-0.05, 0) is 98.4 Å². The van der Waals surface area contributed by atoms with E-state index in [9.17, 15) is 10.0 Å². The minimum Gasteiger partial charge on any atom is -0.463 e. The lowest BCUT2D eigenvalue weighted by Gasteiger charge is -2.60. The Morgan fingerprint density at radius 2 is 1.93 bits per heavy atom. The van der Waals surface area contributed by atoms with Crippen molar-refractivity contribution in [1.82, 2.24) is 0 Å². The van der Waals surface area contributed by atoms with Gasteiger partial charge in [0.05, 0.1) is 5.71 Å². The van der Waals surface area contributed by atoms with Crippen molar-refractivity contribution in [2.24, 2.45) is 39.7 Å². The predicted octanol–water partition coefficient (Wildman–Crippen LogP) is 5.35. The number of carbonyl (C=O) groups excluding carboxylic acids is 1. The minimum atomic E-state index is -0.129. The van der Waals surface area contributed by atoms with Crippen LogP contribution in [0.25, 0.3) is 0 Å². The van der Waals surface area contributed by atoms with E-state index < -0.39 is 0 Å². The van der Waals surface area contributed by atoms with Gasteiger partial charge in [-0.2, -0.15) is 0 Å². The normalized spacial score (nSPS) is 46.7. The molecule has 3 saturated carbocycles. The number of hydrogen-bond donors (Lipinski definition) is 1. The molecule has 0 spiro atoms. The average molecular weight is 374 g/mol. The van der Waals surface area contributed by atoms with Crippen LogP contribution in [-0.4, -0.2) is 23.0 Å². The monoisotopic (exact) mass is 373 g/mol. The van der Waals surface area contributed by atoms with Crippen LogP contribution < -0.4 is 0 Å². The van der Waals surface area contributed by atoms with Gasteiger partial charge in [0.25, 0.3) is 0 Å². The fourth-order valence-corrected chi connectivity index (χ4v) is 7.74. The van der Waals surface area contributed by atoms with Crippen LogP contribution in [0.1, 0.15) is 79.1 Å². The Morgan fingerprint density at radius 1 is 1.15 bits per heavy atom. The summed E-state index contributed by atoms with van der Waals surface area (Å²) >= 11 is 0. The van der Waals surface area contributed by atoms with E-state index in [0.717, 1.165) is 36.8 Å². The predicted molar refractivity (Wildman–Crippen MR) is 106 cm³/mol. The fourth-order valence-electron chi connectivity index (χ4n) is 7.74. The van der Waals surface area contributed by atoms with E-state index in [1.165, 1.54) is 44.6 Å². The van der Waals surface area contributed by atoms with E-state index in [2.05, 4.69) is 25.1 Å². The number of fused-ring (bicyclic) bond motifs is 5. The van der Waals surface area contributed by atoms with Crippen LogP contribution >= 0.6 is 0 Å². The summed E-state index contributed by atoms with van der Waals surface area (Å²) in [4.78, 5) is 11.4. The molecule has 150 valence electrons. The van der Waals surface area contributed by atoms with Crippen molar-refractivity contribution in [3.63, 3.8) is 0 Å². The molecule has 0 radical (unpaired) electrons. The van der Waals surface area contributed by atoms with Gasteiger partial charge in [-0.25, -0.2) is 0 Å². The molecule has 0 aromatic rings. The van der Waals surface area contributed by atoms with E-state index in [1.54, 1.807) is 0 Å². The zero-order valence-corrected chi connectivity index (χ0v) is 17.3. The molecule has 0 bridgehead atoms. The van der Waals surface area contributed by atoms with Crippen LogP contribution in [0, 0.1) is 34.5 Å². The molecule has 7 atom stereocenters. The zero-order valence-electron chi connectivity index (χ0n) is 17.3. The third-order valence-corrected chi connectivity index (χ3v) is 9.07. The third kappa shape index (κ3) is 2.86. The first-order chi connectivity index (χ1) is 12.8. The number of carbonyl (C=O) groups is 1. The molecule has 1 N–H and O–H groups in total. The van der Waals surface area contributed by atoms with Gasteiger partial charge >= 0.3 is 5.97 Å². The van der Waals surface area contributed by atoms with E-state index in [0.29, 0.717) is 17.3 Å². The maximum absolute atomic E-state index is 11.4. The second kappa shape index (κ2) is 6.63. The summed E-state index contributed by atoms with van der Waals surface area (Å²) in [5.41, 5.74) is 2.67. The van der Waals surface area contributed by atoms with Crippen molar-refractivity contribution >= 4 is 11.7 Å². The Hall–Kier alpha value is -1.32. The lowest BCUT2D eigenvalue weighted by atomic mass is 9.44. The van der Waals surface area contributed by atoms with Crippen LogP contribution in [0.5, 0.6) is 0 Å². The number of allylic oxidation sites excluding steroid dienone is 2. The summed E-state index contributed by atoms with van der Waals surface area (Å²) in [6, 6.07) is 0. The molecule has 4 nitrogen and oxygen atoms in total. The van der Waals surface area contributed by atoms with Crippen LogP contribution in [-0.2, 0) is 9.53 Å². The summed E-state index contributed by atoms with van der Waals surface area (Å²) < 4.78 is 5.58. The van der Waals surface area contributed by atoms with Crippen LogP contribution in [0.15, 0.2) is 16.8 Å². The highest BCUT2D eigenvalue weighted by Gasteiger charge is 2.59. The number of oxime groups is 1. The van der Waals surface area contributed by atoms with Gasteiger partial charge in [-0.3, -0.25) is 4.79 Å². The molecule has 0 saturated heterocycles. The molecule has 0 aliphatic heterocycles. The van der Waals surface area contributed by atoms with Gasteiger partial charge in [-0.1, -0.05) is 25.1 Å². The molecule has 4 heteroatoms. The Kier molecular flexibility index (Phi) is 4.67.